The number of benzene rings is 1. The Morgan fingerprint density at radius 2 is 1.67 bits per heavy atom. The molecule has 0 radical (unpaired) electrons. The van der Waals surface area contributed by atoms with Gasteiger partial charge in [-0.3, -0.25) is 9.11 Å². The second-order valence-corrected chi connectivity index (χ2v) is 8.12. The minimum absolute atomic E-state index is 0.0666. The molecule has 1 heterocycles. The first kappa shape index (κ1) is 20.3. The van der Waals surface area contributed by atoms with Crippen LogP contribution in [0, 0.1) is 6.92 Å². The number of hydrogen-bond donors (Lipinski definition) is 2. The van der Waals surface area contributed by atoms with Crippen LogP contribution in [0.25, 0.3) is 0 Å². The molecule has 0 saturated carbocycles. The molecule has 0 fully saturated rings. The van der Waals surface area contributed by atoms with Gasteiger partial charge in [0.1, 0.15) is 11.1 Å². The van der Waals surface area contributed by atoms with Crippen LogP contribution in [0.3, 0.4) is 0 Å². The number of hydrogen-bond acceptors (Lipinski definition) is 5. The molecule has 0 aliphatic carbocycles. The molecule has 0 saturated heterocycles. The van der Waals surface area contributed by atoms with Gasteiger partial charge < -0.3 is 4.57 Å². The van der Waals surface area contributed by atoms with E-state index in [1.807, 2.05) is 6.92 Å². The summed E-state index contributed by atoms with van der Waals surface area (Å²) in [5.74, 6) is 0.366. The Bertz CT molecular complexity index is 870. The fourth-order valence-corrected chi connectivity index (χ4v) is 3.32. The van der Waals surface area contributed by atoms with Crippen molar-refractivity contribution in [1.29, 1.82) is 0 Å². The Kier molecular flexibility index (Phi) is 6.67. The lowest BCUT2D eigenvalue weighted by molar-refractivity contribution is 0.461. The lowest BCUT2D eigenvalue weighted by Crippen LogP contribution is -2.15. The standard InChI is InChI=1S/C7H12N2O3S.C7H8O3S/c1-3-6(13(10,11)12)7-8-4-5-9(7)2;1-6-2-4-7(5-3-6)11(8,9)10/h4-6H,3H2,1-2H3,(H,10,11,12);2-5H,1H3,(H,8,9,10). The molecule has 10 heteroatoms. The highest BCUT2D eigenvalue weighted by molar-refractivity contribution is 7.86. The second kappa shape index (κ2) is 7.88. The molecule has 8 nitrogen and oxygen atoms in total. The van der Waals surface area contributed by atoms with Crippen molar-refractivity contribution in [2.75, 3.05) is 0 Å². The Balaban J connectivity index is 0.000000243. The van der Waals surface area contributed by atoms with Gasteiger partial charge in [-0.2, -0.15) is 16.8 Å². The Labute approximate surface area is 141 Å². The fraction of sp³-hybridized carbons (Fsp3) is 0.357. The molecule has 2 aromatic rings. The van der Waals surface area contributed by atoms with Crippen molar-refractivity contribution >= 4 is 20.2 Å². The number of aromatic nitrogens is 2. The lowest BCUT2D eigenvalue weighted by atomic mass is 10.2. The summed E-state index contributed by atoms with van der Waals surface area (Å²) < 4.78 is 61.9. The predicted octanol–water partition coefficient (Wildman–Crippen LogP) is 2.00. The van der Waals surface area contributed by atoms with Crippen LogP contribution in [-0.2, 0) is 27.3 Å². The second-order valence-electron chi connectivity index (χ2n) is 5.10. The first-order valence-electron chi connectivity index (χ1n) is 6.94. The summed E-state index contributed by atoms with van der Waals surface area (Å²) >= 11 is 0. The van der Waals surface area contributed by atoms with E-state index in [2.05, 4.69) is 4.98 Å². The third-order valence-electron chi connectivity index (χ3n) is 3.20. The first-order valence-corrected chi connectivity index (χ1v) is 9.88. The van der Waals surface area contributed by atoms with Crippen molar-refractivity contribution in [2.45, 2.75) is 30.4 Å². The van der Waals surface area contributed by atoms with Gasteiger partial charge in [-0.05, 0) is 25.5 Å². The molecular weight excluding hydrogens is 356 g/mol. The molecule has 1 aromatic heterocycles. The summed E-state index contributed by atoms with van der Waals surface area (Å²) in [6.07, 6.45) is 3.45. The smallest absolute Gasteiger partial charge is 0.294 e. The zero-order chi connectivity index (χ0) is 18.5. The molecule has 0 aliphatic heterocycles. The summed E-state index contributed by atoms with van der Waals surface area (Å²) in [6, 6.07) is 5.99. The van der Waals surface area contributed by atoms with Crippen LogP contribution < -0.4 is 0 Å². The van der Waals surface area contributed by atoms with E-state index in [-0.39, 0.29) is 4.90 Å². The highest BCUT2D eigenvalue weighted by atomic mass is 32.2. The normalized spacial score (nSPS) is 13.0. The third kappa shape index (κ3) is 5.71. The number of nitrogens with zero attached hydrogens (tertiary/aromatic N) is 2. The fourth-order valence-electron chi connectivity index (χ4n) is 1.92. The summed E-state index contributed by atoms with van der Waals surface area (Å²) in [7, 11) is -6.37. The van der Waals surface area contributed by atoms with Crippen molar-refractivity contribution in [3.63, 3.8) is 0 Å². The minimum Gasteiger partial charge on any atom is -0.337 e. The highest BCUT2D eigenvalue weighted by Gasteiger charge is 2.26. The summed E-state index contributed by atoms with van der Waals surface area (Å²) in [5.41, 5.74) is 0.956. The lowest BCUT2D eigenvalue weighted by Gasteiger charge is -2.10. The van der Waals surface area contributed by atoms with E-state index in [1.54, 1.807) is 36.9 Å². The van der Waals surface area contributed by atoms with Crippen LogP contribution in [0.5, 0.6) is 0 Å². The van der Waals surface area contributed by atoms with E-state index in [4.69, 9.17) is 9.11 Å². The maximum Gasteiger partial charge on any atom is 0.294 e. The van der Waals surface area contributed by atoms with Crippen LogP contribution in [0.2, 0.25) is 0 Å². The largest absolute Gasteiger partial charge is 0.337 e. The van der Waals surface area contributed by atoms with Gasteiger partial charge in [-0.15, -0.1) is 0 Å². The van der Waals surface area contributed by atoms with Crippen LogP contribution in [0.15, 0.2) is 41.6 Å². The van der Waals surface area contributed by atoms with Gasteiger partial charge >= 0.3 is 0 Å². The van der Waals surface area contributed by atoms with Crippen LogP contribution in [0.4, 0.5) is 0 Å². The predicted molar refractivity (Wildman–Crippen MR) is 88.8 cm³/mol. The molecule has 2 rings (SSSR count). The SMILES string of the molecule is CCC(c1nccn1C)S(=O)(=O)O.Cc1ccc(S(=O)(=O)O)cc1. The zero-order valence-electron chi connectivity index (χ0n) is 13.5. The van der Waals surface area contributed by atoms with Crippen molar-refractivity contribution < 1.29 is 25.9 Å². The summed E-state index contributed by atoms with van der Waals surface area (Å²) in [6.45, 7) is 3.53. The van der Waals surface area contributed by atoms with Gasteiger partial charge in [-0.1, -0.05) is 24.6 Å². The number of imidazole rings is 1. The Hall–Kier alpha value is -1.75. The molecule has 0 amide bonds. The van der Waals surface area contributed by atoms with Gasteiger partial charge in [0.25, 0.3) is 20.2 Å². The molecule has 2 N–H and O–H groups in total. The van der Waals surface area contributed by atoms with Gasteiger partial charge in [0.2, 0.25) is 0 Å². The van der Waals surface area contributed by atoms with Gasteiger partial charge in [0.05, 0.1) is 4.90 Å². The van der Waals surface area contributed by atoms with E-state index in [0.29, 0.717) is 12.2 Å². The van der Waals surface area contributed by atoms with E-state index in [0.717, 1.165) is 5.56 Å². The zero-order valence-corrected chi connectivity index (χ0v) is 15.1. The Morgan fingerprint density at radius 1 is 1.12 bits per heavy atom. The van der Waals surface area contributed by atoms with Gasteiger partial charge in [-0.25, -0.2) is 4.98 Å². The van der Waals surface area contributed by atoms with E-state index in [1.165, 1.54) is 18.3 Å². The summed E-state index contributed by atoms with van der Waals surface area (Å²) in [5, 5.41) is -0.924. The topological polar surface area (TPSA) is 127 Å². The van der Waals surface area contributed by atoms with Crippen molar-refractivity contribution in [3.05, 3.63) is 48.0 Å². The maximum absolute atomic E-state index is 10.9. The number of aryl methyl sites for hydroxylation is 2. The molecule has 1 aromatic carbocycles. The van der Waals surface area contributed by atoms with E-state index >= 15 is 0 Å². The van der Waals surface area contributed by atoms with Crippen molar-refractivity contribution in [3.8, 4) is 0 Å². The van der Waals surface area contributed by atoms with Gasteiger partial charge in [0.15, 0.2) is 0 Å². The van der Waals surface area contributed by atoms with Crippen LogP contribution in [-0.4, -0.2) is 35.5 Å². The molecular formula is C14H20N2O6S2. The van der Waals surface area contributed by atoms with Crippen molar-refractivity contribution in [1.82, 2.24) is 9.55 Å². The first-order chi connectivity index (χ1) is 11.0. The van der Waals surface area contributed by atoms with E-state index in [9.17, 15) is 16.8 Å². The molecule has 134 valence electrons. The molecule has 0 aliphatic rings. The molecule has 24 heavy (non-hydrogen) atoms. The average Bonchev–Trinajstić information content (AvgIpc) is 2.84. The quantitative estimate of drug-likeness (QED) is 0.781. The molecule has 1 atom stereocenters. The Morgan fingerprint density at radius 3 is 2.00 bits per heavy atom. The van der Waals surface area contributed by atoms with Crippen LogP contribution >= 0.6 is 0 Å². The minimum atomic E-state index is -4.04. The van der Waals surface area contributed by atoms with Crippen molar-refractivity contribution in [2.24, 2.45) is 7.05 Å². The molecule has 0 spiro atoms. The summed E-state index contributed by atoms with van der Waals surface area (Å²) in [4.78, 5) is 3.81. The maximum atomic E-state index is 10.9. The van der Waals surface area contributed by atoms with Crippen LogP contribution in [0.1, 0.15) is 30.0 Å². The average molecular weight is 376 g/mol. The highest BCUT2D eigenvalue weighted by Crippen LogP contribution is 2.22. The monoisotopic (exact) mass is 376 g/mol. The van der Waals surface area contributed by atoms with Gasteiger partial charge in [0, 0.05) is 19.4 Å². The molecule has 1 unspecified atom stereocenters. The third-order valence-corrected chi connectivity index (χ3v) is 5.33. The molecule has 0 bridgehead atoms. The number of rotatable bonds is 4. The van der Waals surface area contributed by atoms with E-state index < -0.39 is 25.5 Å².